The van der Waals surface area contributed by atoms with Crippen LogP contribution in [0, 0.1) is 10.1 Å². The van der Waals surface area contributed by atoms with Crippen LogP contribution in [-0.4, -0.2) is 17.4 Å². The van der Waals surface area contributed by atoms with Gasteiger partial charge in [0.15, 0.2) is 0 Å². The Kier molecular flexibility index (Phi) is 7.22. The van der Waals surface area contributed by atoms with Crippen molar-refractivity contribution in [3.8, 4) is 11.5 Å². The topological polar surface area (TPSA) is 90.7 Å². The highest BCUT2D eigenvalue weighted by Gasteiger charge is 2.18. The van der Waals surface area contributed by atoms with Crippen molar-refractivity contribution in [2.75, 3.05) is 11.9 Å². The van der Waals surface area contributed by atoms with Crippen LogP contribution in [0.15, 0.2) is 72.8 Å². The smallest absolute Gasteiger partial charge is 0.311 e. The van der Waals surface area contributed by atoms with Gasteiger partial charge in [0.25, 0.3) is 0 Å². The van der Waals surface area contributed by atoms with Gasteiger partial charge in [0.05, 0.1) is 11.5 Å². The number of nitrogens with one attached hydrogen (secondary N) is 1. The SMILES string of the molecule is CC(C)(C)c1ccc(Oc2cc(COCC(=O)Nc3ccccc3)ccc2[N+](=O)[O-])cc1. The van der Waals surface area contributed by atoms with E-state index in [1.54, 1.807) is 36.4 Å². The molecule has 0 atom stereocenters. The molecule has 0 aliphatic heterocycles. The van der Waals surface area contributed by atoms with Crippen LogP contribution in [0.1, 0.15) is 31.9 Å². The second-order valence-electron chi connectivity index (χ2n) is 8.34. The molecular weight excluding hydrogens is 408 g/mol. The number of carbonyl (C=O) groups is 1. The highest BCUT2D eigenvalue weighted by Crippen LogP contribution is 2.33. The summed E-state index contributed by atoms with van der Waals surface area (Å²) in [6, 6.07) is 21.1. The minimum Gasteiger partial charge on any atom is -0.450 e. The number of carbonyl (C=O) groups excluding carboxylic acids is 1. The van der Waals surface area contributed by atoms with Crippen molar-refractivity contribution in [1.29, 1.82) is 0 Å². The number of nitro groups is 1. The molecule has 1 N–H and O–H groups in total. The maximum atomic E-state index is 12.0. The maximum Gasteiger partial charge on any atom is 0.311 e. The standard InChI is InChI=1S/C25H26N2O5/c1-25(2,3)19-10-12-21(13-11-19)32-23-15-18(9-14-22(23)27(29)30)16-31-17-24(28)26-20-7-5-4-6-8-20/h4-15H,16-17H2,1-3H3,(H,26,28). The summed E-state index contributed by atoms with van der Waals surface area (Å²) in [7, 11) is 0. The third kappa shape index (κ3) is 6.39. The number of hydrogen-bond acceptors (Lipinski definition) is 5. The molecule has 0 saturated heterocycles. The number of rotatable bonds is 8. The van der Waals surface area contributed by atoms with Crippen molar-refractivity contribution < 1.29 is 19.2 Å². The molecule has 0 aliphatic rings. The highest BCUT2D eigenvalue weighted by atomic mass is 16.6. The predicted molar refractivity (Wildman–Crippen MR) is 123 cm³/mol. The van der Waals surface area contributed by atoms with E-state index in [1.807, 2.05) is 30.3 Å². The Bertz CT molecular complexity index is 1070. The predicted octanol–water partition coefficient (Wildman–Crippen LogP) is 5.84. The molecule has 7 nitrogen and oxygen atoms in total. The van der Waals surface area contributed by atoms with Crippen LogP contribution >= 0.6 is 0 Å². The molecule has 0 saturated carbocycles. The number of ether oxygens (including phenoxy) is 2. The molecular formula is C25H26N2O5. The first-order valence-electron chi connectivity index (χ1n) is 10.2. The summed E-state index contributed by atoms with van der Waals surface area (Å²) in [6.45, 7) is 6.29. The Morgan fingerprint density at radius 1 is 1.00 bits per heavy atom. The molecule has 166 valence electrons. The molecule has 0 radical (unpaired) electrons. The summed E-state index contributed by atoms with van der Waals surface area (Å²) in [5.74, 6) is 0.336. The Hall–Kier alpha value is -3.71. The number of nitrogens with zero attached hydrogens (tertiary/aromatic N) is 1. The zero-order valence-electron chi connectivity index (χ0n) is 18.3. The lowest BCUT2D eigenvalue weighted by Crippen LogP contribution is -2.18. The Labute approximate surface area is 187 Å². The highest BCUT2D eigenvalue weighted by molar-refractivity contribution is 5.91. The van der Waals surface area contributed by atoms with E-state index in [9.17, 15) is 14.9 Å². The number of nitro benzene ring substituents is 1. The molecule has 0 aliphatic carbocycles. The van der Waals surface area contributed by atoms with E-state index in [0.29, 0.717) is 17.0 Å². The molecule has 0 fully saturated rings. The van der Waals surface area contributed by atoms with Gasteiger partial charge in [-0.25, -0.2) is 0 Å². The van der Waals surface area contributed by atoms with Crippen molar-refractivity contribution in [1.82, 2.24) is 0 Å². The van der Waals surface area contributed by atoms with E-state index in [2.05, 4.69) is 26.1 Å². The second-order valence-corrected chi connectivity index (χ2v) is 8.34. The second kappa shape index (κ2) is 10.1. The van der Waals surface area contributed by atoms with E-state index < -0.39 is 4.92 Å². The van der Waals surface area contributed by atoms with E-state index in [-0.39, 0.29) is 36.0 Å². The number of hydrogen-bond donors (Lipinski definition) is 1. The number of anilines is 1. The van der Waals surface area contributed by atoms with Gasteiger partial charge in [-0.2, -0.15) is 0 Å². The lowest BCUT2D eigenvalue weighted by molar-refractivity contribution is -0.385. The zero-order valence-corrected chi connectivity index (χ0v) is 18.3. The van der Waals surface area contributed by atoms with Crippen LogP contribution in [-0.2, 0) is 21.6 Å². The van der Waals surface area contributed by atoms with E-state index in [1.165, 1.54) is 6.07 Å². The third-order valence-corrected chi connectivity index (χ3v) is 4.73. The molecule has 32 heavy (non-hydrogen) atoms. The van der Waals surface area contributed by atoms with Crippen molar-refractivity contribution in [3.63, 3.8) is 0 Å². The lowest BCUT2D eigenvalue weighted by atomic mass is 9.87. The first-order chi connectivity index (χ1) is 15.2. The molecule has 0 bridgehead atoms. The molecule has 0 heterocycles. The molecule has 0 unspecified atom stereocenters. The van der Waals surface area contributed by atoms with Crippen molar-refractivity contribution in [2.24, 2.45) is 0 Å². The molecule has 3 aromatic rings. The molecule has 3 aromatic carbocycles. The van der Waals surface area contributed by atoms with Gasteiger partial charge in [-0.15, -0.1) is 0 Å². The third-order valence-electron chi connectivity index (χ3n) is 4.73. The molecule has 0 aromatic heterocycles. The van der Waals surface area contributed by atoms with Crippen LogP contribution in [0.25, 0.3) is 0 Å². The summed E-state index contributed by atoms with van der Waals surface area (Å²) in [6.07, 6.45) is 0. The van der Waals surface area contributed by atoms with Crippen LogP contribution in [0.5, 0.6) is 11.5 Å². The number of para-hydroxylation sites is 1. The monoisotopic (exact) mass is 434 g/mol. The molecule has 3 rings (SSSR count). The van der Waals surface area contributed by atoms with E-state index >= 15 is 0 Å². The van der Waals surface area contributed by atoms with Crippen LogP contribution in [0.4, 0.5) is 11.4 Å². The largest absolute Gasteiger partial charge is 0.450 e. The first kappa shape index (κ1) is 23.0. The van der Waals surface area contributed by atoms with Gasteiger partial charge < -0.3 is 14.8 Å². The minimum absolute atomic E-state index is 0.00537. The van der Waals surface area contributed by atoms with Crippen molar-refractivity contribution >= 4 is 17.3 Å². The Balaban J connectivity index is 1.65. The van der Waals surface area contributed by atoms with Gasteiger partial charge in [0.1, 0.15) is 12.4 Å². The van der Waals surface area contributed by atoms with Crippen molar-refractivity contribution in [3.05, 3.63) is 94.0 Å². The Morgan fingerprint density at radius 3 is 2.31 bits per heavy atom. The van der Waals surface area contributed by atoms with Crippen LogP contribution in [0.3, 0.4) is 0 Å². The number of benzene rings is 3. The summed E-state index contributed by atoms with van der Waals surface area (Å²) in [5.41, 5.74) is 2.33. The van der Waals surface area contributed by atoms with Gasteiger partial charge in [0.2, 0.25) is 11.7 Å². The normalized spacial score (nSPS) is 11.1. The summed E-state index contributed by atoms with van der Waals surface area (Å²) < 4.78 is 11.3. The molecule has 1 amide bonds. The average molecular weight is 434 g/mol. The first-order valence-corrected chi connectivity index (χ1v) is 10.2. The number of amides is 1. The zero-order chi connectivity index (χ0) is 23.1. The fourth-order valence-corrected chi connectivity index (χ4v) is 3.01. The summed E-state index contributed by atoms with van der Waals surface area (Å²) >= 11 is 0. The fraction of sp³-hybridized carbons (Fsp3) is 0.240. The van der Waals surface area contributed by atoms with Crippen LogP contribution in [0.2, 0.25) is 0 Å². The molecule has 7 heteroatoms. The van der Waals surface area contributed by atoms with Crippen LogP contribution < -0.4 is 10.1 Å². The van der Waals surface area contributed by atoms with E-state index in [4.69, 9.17) is 9.47 Å². The maximum absolute atomic E-state index is 12.0. The van der Waals surface area contributed by atoms with Gasteiger partial charge in [-0.05, 0) is 52.9 Å². The van der Waals surface area contributed by atoms with Gasteiger partial charge >= 0.3 is 5.69 Å². The van der Waals surface area contributed by atoms with Gasteiger partial charge in [-0.3, -0.25) is 14.9 Å². The summed E-state index contributed by atoms with van der Waals surface area (Å²) in [4.78, 5) is 22.9. The fourth-order valence-electron chi connectivity index (χ4n) is 3.01. The van der Waals surface area contributed by atoms with Gasteiger partial charge in [-0.1, -0.05) is 51.1 Å². The Morgan fingerprint density at radius 2 is 1.69 bits per heavy atom. The molecule has 0 spiro atoms. The minimum atomic E-state index is -0.489. The van der Waals surface area contributed by atoms with Gasteiger partial charge in [0, 0.05) is 11.8 Å². The summed E-state index contributed by atoms with van der Waals surface area (Å²) in [5, 5.41) is 14.2. The van der Waals surface area contributed by atoms with E-state index in [0.717, 1.165) is 5.56 Å². The average Bonchev–Trinajstić information content (AvgIpc) is 2.74. The lowest BCUT2D eigenvalue weighted by Gasteiger charge is -2.19. The quantitative estimate of drug-likeness (QED) is 0.355. The van der Waals surface area contributed by atoms with Crippen molar-refractivity contribution in [2.45, 2.75) is 32.8 Å².